The Labute approximate surface area is 92.8 Å². The molecule has 2 nitrogen and oxygen atoms in total. The van der Waals surface area contributed by atoms with Crippen molar-refractivity contribution in [3.63, 3.8) is 0 Å². The second-order valence-corrected chi connectivity index (χ2v) is 3.75. The molecule has 1 aromatic rings. The van der Waals surface area contributed by atoms with Crippen LogP contribution in [0.1, 0.15) is 45.1 Å². The van der Waals surface area contributed by atoms with Crippen LogP contribution in [0.4, 0.5) is 0 Å². The summed E-state index contributed by atoms with van der Waals surface area (Å²) in [5.41, 5.74) is 1.41. The molecule has 0 aliphatic rings. The highest BCUT2D eigenvalue weighted by molar-refractivity contribution is 5.17. The summed E-state index contributed by atoms with van der Waals surface area (Å²) in [4.78, 5) is 3.78. The lowest BCUT2D eigenvalue weighted by Gasteiger charge is -2.01. The smallest absolute Gasteiger partial charge is 0.0819 e. The van der Waals surface area contributed by atoms with E-state index in [0.717, 1.165) is 12.8 Å². The molecule has 0 spiro atoms. The first-order valence-electron chi connectivity index (χ1n) is 5.53. The number of unbranched alkanes of at least 4 members (excludes halogenated alkanes) is 1. The van der Waals surface area contributed by atoms with E-state index in [1.807, 2.05) is 13.0 Å². The molecule has 0 atom stereocenters. The Bertz CT molecular complexity index is 215. The van der Waals surface area contributed by atoms with E-state index in [1.54, 1.807) is 0 Å². The normalized spacial score (nSPS) is 9.67. The van der Waals surface area contributed by atoms with Gasteiger partial charge in [-0.2, -0.15) is 0 Å². The monoisotopic (exact) mass is 210 g/mol. The van der Waals surface area contributed by atoms with Crippen LogP contribution in [-0.2, 0) is 4.89 Å². The summed E-state index contributed by atoms with van der Waals surface area (Å²) < 4.78 is 0. The van der Waals surface area contributed by atoms with Crippen LogP contribution in [0.15, 0.2) is 30.3 Å². The van der Waals surface area contributed by atoms with Crippen molar-refractivity contribution in [1.82, 2.24) is 0 Å². The zero-order valence-electron chi connectivity index (χ0n) is 9.94. The van der Waals surface area contributed by atoms with Gasteiger partial charge in [-0.15, -0.1) is 0 Å². The van der Waals surface area contributed by atoms with Gasteiger partial charge >= 0.3 is 0 Å². The van der Waals surface area contributed by atoms with Gasteiger partial charge in [0.05, 0.1) is 6.61 Å². The molecule has 1 N–H and O–H groups in total. The van der Waals surface area contributed by atoms with Gasteiger partial charge in [-0.1, -0.05) is 57.5 Å². The lowest BCUT2D eigenvalue weighted by atomic mass is 10.0. The molecular formula is C13H22O2. The summed E-state index contributed by atoms with van der Waals surface area (Å²) >= 11 is 0. The lowest BCUT2D eigenvalue weighted by Crippen LogP contribution is -1.84. The number of rotatable bonds is 4. The maximum Gasteiger partial charge on any atom is 0.0819 e. The van der Waals surface area contributed by atoms with Gasteiger partial charge in [-0.05, 0) is 17.9 Å². The van der Waals surface area contributed by atoms with Gasteiger partial charge in [0.1, 0.15) is 0 Å². The molecule has 86 valence electrons. The predicted molar refractivity (Wildman–Crippen MR) is 64.0 cm³/mol. The summed E-state index contributed by atoms with van der Waals surface area (Å²) in [6.07, 6.45) is 2.01. The van der Waals surface area contributed by atoms with E-state index >= 15 is 0 Å². The van der Waals surface area contributed by atoms with E-state index in [2.05, 4.69) is 43.0 Å². The van der Waals surface area contributed by atoms with E-state index in [4.69, 9.17) is 5.26 Å². The van der Waals surface area contributed by atoms with Crippen molar-refractivity contribution in [1.29, 1.82) is 0 Å². The van der Waals surface area contributed by atoms with Crippen LogP contribution in [0, 0.1) is 0 Å². The summed E-state index contributed by atoms with van der Waals surface area (Å²) in [6, 6.07) is 10.5. The van der Waals surface area contributed by atoms with Crippen LogP contribution in [0.3, 0.4) is 0 Å². The van der Waals surface area contributed by atoms with E-state index < -0.39 is 0 Å². The van der Waals surface area contributed by atoms with Crippen molar-refractivity contribution >= 4 is 0 Å². The van der Waals surface area contributed by atoms with Gasteiger partial charge in [0, 0.05) is 0 Å². The predicted octanol–water partition coefficient (Wildman–Crippen LogP) is 4.09. The SMILES string of the molecule is CC(C)c1ccccc1.CCCCOO. The molecule has 2 heteroatoms. The molecule has 0 fully saturated rings. The highest BCUT2D eigenvalue weighted by atomic mass is 17.1. The minimum Gasteiger partial charge on any atom is -0.252 e. The minimum absolute atomic E-state index is 0.469. The molecule has 0 aliphatic heterocycles. The summed E-state index contributed by atoms with van der Waals surface area (Å²) in [6.45, 7) is 6.92. The van der Waals surface area contributed by atoms with Gasteiger partial charge in [-0.3, -0.25) is 5.26 Å². The van der Waals surface area contributed by atoms with E-state index in [-0.39, 0.29) is 0 Å². The molecular weight excluding hydrogens is 188 g/mol. The molecule has 15 heavy (non-hydrogen) atoms. The first-order chi connectivity index (χ1) is 7.22. The topological polar surface area (TPSA) is 29.5 Å². The zero-order valence-corrected chi connectivity index (χ0v) is 9.94. The average molecular weight is 210 g/mol. The number of hydrogen-bond donors (Lipinski definition) is 1. The summed E-state index contributed by atoms with van der Waals surface area (Å²) in [7, 11) is 0. The fourth-order valence-corrected chi connectivity index (χ4v) is 1.05. The summed E-state index contributed by atoms with van der Waals surface area (Å²) in [5.74, 6) is 0.659. The first kappa shape index (κ1) is 14.1. The Hall–Kier alpha value is -0.860. The van der Waals surface area contributed by atoms with Crippen molar-refractivity contribution < 1.29 is 10.1 Å². The lowest BCUT2D eigenvalue weighted by molar-refractivity contribution is -0.242. The third kappa shape index (κ3) is 8.16. The molecule has 0 aliphatic carbocycles. The maximum atomic E-state index is 7.70. The molecule has 1 rings (SSSR count). The minimum atomic E-state index is 0.469. The molecule has 0 radical (unpaired) electrons. The Kier molecular flexibility index (Phi) is 9.13. The fourth-order valence-electron chi connectivity index (χ4n) is 1.05. The Morgan fingerprint density at radius 2 is 1.80 bits per heavy atom. The first-order valence-corrected chi connectivity index (χ1v) is 5.53. The van der Waals surface area contributed by atoms with Crippen LogP contribution >= 0.6 is 0 Å². The Morgan fingerprint density at radius 3 is 2.07 bits per heavy atom. The van der Waals surface area contributed by atoms with Crippen LogP contribution in [0.5, 0.6) is 0 Å². The van der Waals surface area contributed by atoms with E-state index in [0.29, 0.717) is 12.5 Å². The molecule has 0 heterocycles. The van der Waals surface area contributed by atoms with Crippen molar-refractivity contribution in [2.24, 2.45) is 0 Å². The zero-order chi connectivity index (χ0) is 11.5. The highest BCUT2D eigenvalue weighted by Gasteiger charge is 1.93. The molecule has 0 amide bonds. The standard InChI is InChI=1S/C9H12.C4H10O2/c1-8(2)9-6-4-3-5-7-9;1-2-3-4-6-5/h3-8H,1-2H3;5H,2-4H2,1H3. The molecule has 0 bridgehead atoms. The third-order valence-corrected chi connectivity index (χ3v) is 2.06. The van der Waals surface area contributed by atoms with Gasteiger partial charge in [-0.25, -0.2) is 4.89 Å². The molecule has 0 unspecified atom stereocenters. The van der Waals surface area contributed by atoms with Crippen molar-refractivity contribution in [3.8, 4) is 0 Å². The van der Waals surface area contributed by atoms with Crippen molar-refractivity contribution in [3.05, 3.63) is 35.9 Å². The quantitative estimate of drug-likeness (QED) is 0.461. The molecule has 0 saturated heterocycles. The average Bonchev–Trinajstić information content (AvgIpc) is 2.28. The fraction of sp³-hybridized carbons (Fsp3) is 0.538. The van der Waals surface area contributed by atoms with Gasteiger partial charge in [0.2, 0.25) is 0 Å². The maximum absolute atomic E-state index is 7.70. The Morgan fingerprint density at radius 1 is 1.20 bits per heavy atom. The highest BCUT2D eigenvalue weighted by Crippen LogP contribution is 2.11. The van der Waals surface area contributed by atoms with Gasteiger partial charge in [0.25, 0.3) is 0 Å². The Balaban J connectivity index is 0.000000288. The third-order valence-electron chi connectivity index (χ3n) is 2.06. The van der Waals surface area contributed by atoms with Crippen LogP contribution in [0.2, 0.25) is 0 Å². The van der Waals surface area contributed by atoms with Crippen molar-refractivity contribution in [2.45, 2.75) is 39.5 Å². The second-order valence-electron chi connectivity index (χ2n) is 3.75. The van der Waals surface area contributed by atoms with E-state index in [9.17, 15) is 0 Å². The molecule has 1 aromatic carbocycles. The number of hydrogen-bond acceptors (Lipinski definition) is 2. The number of benzene rings is 1. The van der Waals surface area contributed by atoms with Crippen LogP contribution in [-0.4, -0.2) is 11.9 Å². The largest absolute Gasteiger partial charge is 0.252 e. The summed E-state index contributed by atoms with van der Waals surface area (Å²) in [5, 5.41) is 7.70. The second kappa shape index (κ2) is 9.69. The molecule has 0 aromatic heterocycles. The van der Waals surface area contributed by atoms with E-state index in [1.165, 1.54) is 5.56 Å². The van der Waals surface area contributed by atoms with Gasteiger partial charge < -0.3 is 0 Å². The molecule has 0 saturated carbocycles. The van der Waals surface area contributed by atoms with Gasteiger partial charge in [0.15, 0.2) is 0 Å². The van der Waals surface area contributed by atoms with Crippen LogP contribution < -0.4 is 0 Å². The van der Waals surface area contributed by atoms with Crippen molar-refractivity contribution in [2.75, 3.05) is 6.61 Å². The van der Waals surface area contributed by atoms with Crippen LogP contribution in [0.25, 0.3) is 0 Å².